The molecule has 2 aromatic rings. The molecule has 1 fully saturated rings. The van der Waals surface area contributed by atoms with E-state index in [9.17, 15) is 0 Å². The first-order chi connectivity index (χ1) is 9.31. The monoisotopic (exact) mass is 255 g/mol. The Labute approximate surface area is 114 Å². The highest BCUT2D eigenvalue weighted by molar-refractivity contribution is 6.01. The van der Waals surface area contributed by atoms with Gasteiger partial charge in [-0.25, -0.2) is 4.98 Å². The second kappa shape index (κ2) is 5.08. The second-order valence-corrected chi connectivity index (χ2v) is 5.24. The number of hydrogen-bond acceptors (Lipinski definition) is 3. The zero-order valence-electron chi connectivity index (χ0n) is 11.7. The first-order valence-electron chi connectivity index (χ1n) is 7.13. The van der Waals surface area contributed by atoms with E-state index in [0.29, 0.717) is 0 Å². The molecule has 1 aliphatic rings. The fourth-order valence-corrected chi connectivity index (χ4v) is 3.03. The molecule has 3 nitrogen and oxygen atoms in total. The summed E-state index contributed by atoms with van der Waals surface area (Å²) in [5, 5.41) is 5.83. The van der Waals surface area contributed by atoms with Gasteiger partial charge in [-0.05, 0) is 26.2 Å². The van der Waals surface area contributed by atoms with Gasteiger partial charge in [-0.3, -0.25) is 0 Å². The summed E-state index contributed by atoms with van der Waals surface area (Å²) in [6, 6.07) is 8.57. The molecule has 0 unspecified atom stereocenters. The lowest BCUT2D eigenvalue weighted by Crippen LogP contribution is -2.30. The van der Waals surface area contributed by atoms with Crippen molar-refractivity contribution in [3.05, 3.63) is 30.0 Å². The number of aromatic nitrogens is 1. The Morgan fingerprint density at radius 3 is 2.42 bits per heavy atom. The molecule has 0 saturated carbocycles. The normalized spacial score (nSPS) is 15.8. The maximum absolute atomic E-state index is 4.86. The number of benzene rings is 1. The summed E-state index contributed by atoms with van der Waals surface area (Å²) in [5.74, 6) is 1.16. The molecule has 0 amide bonds. The molecule has 0 bridgehead atoms. The summed E-state index contributed by atoms with van der Waals surface area (Å²) < 4.78 is 0. The van der Waals surface area contributed by atoms with Crippen LogP contribution in [0.2, 0.25) is 0 Å². The van der Waals surface area contributed by atoms with Crippen LogP contribution < -0.4 is 10.2 Å². The molecule has 1 aliphatic heterocycles. The third kappa shape index (κ3) is 2.14. The van der Waals surface area contributed by atoms with Gasteiger partial charge in [-0.15, -0.1) is 0 Å². The van der Waals surface area contributed by atoms with Crippen molar-refractivity contribution in [2.24, 2.45) is 0 Å². The Hall–Kier alpha value is -1.77. The summed E-state index contributed by atoms with van der Waals surface area (Å²) in [6.07, 6.45) is 3.91. The Morgan fingerprint density at radius 1 is 1.05 bits per heavy atom. The van der Waals surface area contributed by atoms with Gasteiger partial charge in [0.1, 0.15) is 5.82 Å². The average Bonchev–Trinajstić information content (AvgIpc) is 2.47. The number of nitrogens with zero attached hydrogens (tertiary/aromatic N) is 2. The van der Waals surface area contributed by atoms with Crippen LogP contribution in [0, 0.1) is 6.92 Å². The van der Waals surface area contributed by atoms with E-state index < -0.39 is 0 Å². The largest absolute Gasteiger partial charge is 0.386 e. The number of pyridine rings is 1. The van der Waals surface area contributed by atoms with Gasteiger partial charge in [-0.1, -0.05) is 24.3 Å². The van der Waals surface area contributed by atoms with Crippen LogP contribution in [0.1, 0.15) is 25.0 Å². The minimum Gasteiger partial charge on any atom is -0.386 e. The van der Waals surface area contributed by atoms with Crippen LogP contribution in [0.5, 0.6) is 0 Å². The van der Waals surface area contributed by atoms with Crippen LogP contribution in [0.3, 0.4) is 0 Å². The predicted molar refractivity (Wildman–Crippen MR) is 82.1 cm³/mol. The Morgan fingerprint density at radius 2 is 1.74 bits per heavy atom. The fourth-order valence-electron chi connectivity index (χ4n) is 3.03. The zero-order chi connectivity index (χ0) is 13.2. The van der Waals surface area contributed by atoms with E-state index in [0.717, 1.165) is 30.3 Å². The van der Waals surface area contributed by atoms with Crippen molar-refractivity contribution in [2.45, 2.75) is 26.2 Å². The van der Waals surface area contributed by atoms with E-state index in [1.807, 2.05) is 7.05 Å². The molecule has 1 aromatic carbocycles. The number of aryl methyl sites for hydroxylation is 1. The number of rotatable bonds is 2. The Balaban J connectivity index is 2.19. The van der Waals surface area contributed by atoms with Gasteiger partial charge in [0.15, 0.2) is 0 Å². The third-order valence-corrected chi connectivity index (χ3v) is 3.98. The smallest absolute Gasteiger partial charge is 0.136 e. The predicted octanol–water partition coefficient (Wildman–Crippen LogP) is 3.58. The third-order valence-electron chi connectivity index (χ3n) is 3.98. The van der Waals surface area contributed by atoms with Crippen LogP contribution in [-0.4, -0.2) is 25.1 Å². The van der Waals surface area contributed by atoms with Crippen molar-refractivity contribution >= 4 is 22.3 Å². The quantitative estimate of drug-likeness (QED) is 0.889. The van der Waals surface area contributed by atoms with E-state index in [4.69, 9.17) is 4.98 Å². The van der Waals surface area contributed by atoms with Crippen LogP contribution >= 0.6 is 0 Å². The highest BCUT2D eigenvalue weighted by Crippen LogP contribution is 2.33. The van der Waals surface area contributed by atoms with E-state index in [1.54, 1.807) is 0 Å². The molecule has 3 heteroatoms. The number of fused-ring (bicyclic) bond motifs is 1. The minimum absolute atomic E-state index is 1.08. The molecule has 1 saturated heterocycles. The topological polar surface area (TPSA) is 28.2 Å². The summed E-state index contributed by atoms with van der Waals surface area (Å²) in [4.78, 5) is 7.30. The standard InChI is InChI=1S/C16H21N3/c1-12-15(17-2)13-8-4-5-9-14(13)16(18-12)19-10-6-3-7-11-19/h4-5,8-9,17H,3,6-7,10-11H2,1-2H3. The van der Waals surface area contributed by atoms with Crippen molar-refractivity contribution in [1.29, 1.82) is 0 Å². The van der Waals surface area contributed by atoms with Gasteiger partial charge in [0.05, 0.1) is 11.4 Å². The zero-order valence-corrected chi connectivity index (χ0v) is 11.7. The minimum atomic E-state index is 1.08. The van der Waals surface area contributed by atoms with E-state index in [2.05, 4.69) is 41.4 Å². The fraction of sp³-hybridized carbons (Fsp3) is 0.438. The molecule has 19 heavy (non-hydrogen) atoms. The first kappa shape index (κ1) is 12.3. The van der Waals surface area contributed by atoms with E-state index >= 15 is 0 Å². The molecule has 0 atom stereocenters. The van der Waals surface area contributed by atoms with Gasteiger partial charge >= 0.3 is 0 Å². The second-order valence-electron chi connectivity index (χ2n) is 5.24. The van der Waals surface area contributed by atoms with Gasteiger partial charge in [0.2, 0.25) is 0 Å². The maximum atomic E-state index is 4.86. The lowest BCUT2D eigenvalue weighted by atomic mass is 10.1. The number of nitrogens with one attached hydrogen (secondary N) is 1. The number of piperidine rings is 1. The van der Waals surface area contributed by atoms with E-state index in [-0.39, 0.29) is 0 Å². The van der Waals surface area contributed by atoms with Gasteiger partial charge in [-0.2, -0.15) is 0 Å². The van der Waals surface area contributed by atoms with Crippen LogP contribution in [0.4, 0.5) is 11.5 Å². The molecule has 3 rings (SSSR count). The summed E-state index contributed by atoms with van der Waals surface area (Å²) in [5.41, 5.74) is 2.23. The summed E-state index contributed by atoms with van der Waals surface area (Å²) >= 11 is 0. The molecule has 1 aromatic heterocycles. The van der Waals surface area contributed by atoms with Gasteiger partial charge in [0, 0.05) is 30.9 Å². The van der Waals surface area contributed by atoms with Crippen molar-refractivity contribution in [2.75, 3.05) is 30.4 Å². The molecule has 2 heterocycles. The molecule has 0 radical (unpaired) electrons. The average molecular weight is 255 g/mol. The van der Waals surface area contributed by atoms with Gasteiger partial charge in [0.25, 0.3) is 0 Å². The molecular weight excluding hydrogens is 234 g/mol. The van der Waals surface area contributed by atoms with Crippen LogP contribution in [0.15, 0.2) is 24.3 Å². The van der Waals surface area contributed by atoms with Gasteiger partial charge < -0.3 is 10.2 Å². The van der Waals surface area contributed by atoms with Crippen LogP contribution in [0.25, 0.3) is 10.8 Å². The highest BCUT2D eigenvalue weighted by atomic mass is 15.2. The maximum Gasteiger partial charge on any atom is 0.136 e. The van der Waals surface area contributed by atoms with Crippen molar-refractivity contribution < 1.29 is 0 Å². The summed E-state index contributed by atoms with van der Waals surface area (Å²) in [6.45, 7) is 4.36. The molecule has 100 valence electrons. The van der Waals surface area contributed by atoms with Crippen LogP contribution in [-0.2, 0) is 0 Å². The molecule has 0 aliphatic carbocycles. The SMILES string of the molecule is CNc1c(C)nc(N2CCCCC2)c2ccccc12. The lowest BCUT2D eigenvalue weighted by Gasteiger charge is -2.29. The molecule has 0 spiro atoms. The number of anilines is 2. The van der Waals surface area contributed by atoms with E-state index in [1.165, 1.54) is 30.0 Å². The highest BCUT2D eigenvalue weighted by Gasteiger charge is 2.17. The van der Waals surface area contributed by atoms with Crippen molar-refractivity contribution in [3.63, 3.8) is 0 Å². The Kier molecular flexibility index (Phi) is 3.28. The first-order valence-corrected chi connectivity index (χ1v) is 7.13. The molecular formula is C16H21N3. The molecule has 1 N–H and O–H groups in total. The Bertz CT molecular complexity index is 586. The lowest BCUT2D eigenvalue weighted by molar-refractivity contribution is 0.574. The van der Waals surface area contributed by atoms with Crippen molar-refractivity contribution in [3.8, 4) is 0 Å². The summed E-state index contributed by atoms with van der Waals surface area (Å²) in [7, 11) is 1.97. The van der Waals surface area contributed by atoms with Crippen molar-refractivity contribution in [1.82, 2.24) is 4.98 Å². The number of hydrogen-bond donors (Lipinski definition) is 1.